The van der Waals surface area contributed by atoms with E-state index in [4.69, 9.17) is 10.00 Å². The lowest BCUT2D eigenvalue weighted by Gasteiger charge is -2.07. The fraction of sp³-hybridized carbons (Fsp3) is 0.125. The van der Waals surface area contributed by atoms with Gasteiger partial charge in [0.05, 0.1) is 11.6 Å². The van der Waals surface area contributed by atoms with Crippen molar-refractivity contribution in [3.05, 3.63) is 59.7 Å². The van der Waals surface area contributed by atoms with E-state index < -0.39 is 0 Å². The molecule has 0 bridgehead atoms. The summed E-state index contributed by atoms with van der Waals surface area (Å²) in [4.78, 5) is 11.7. The van der Waals surface area contributed by atoms with Gasteiger partial charge >= 0.3 is 0 Å². The van der Waals surface area contributed by atoms with Crippen LogP contribution in [-0.2, 0) is 4.79 Å². The highest BCUT2D eigenvalue weighted by atomic mass is 16.5. The Morgan fingerprint density at radius 1 is 1.25 bits per heavy atom. The molecule has 2 aromatic rings. The molecule has 0 aliphatic rings. The first-order chi connectivity index (χ1) is 9.67. The minimum atomic E-state index is -0.263. The summed E-state index contributed by atoms with van der Waals surface area (Å²) in [5.74, 6) is 0.386. The van der Waals surface area contributed by atoms with E-state index in [1.807, 2.05) is 37.3 Å². The largest absolute Gasteiger partial charge is 0.484 e. The third-order valence-electron chi connectivity index (χ3n) is 2.67. The molecule has 0 atom stereocenters. The summed E-state index contributed by atoms with van der Waals surface area (Å²) in [6, 6.07) is 16.2. The number of hydrogen-bond donors (Lipinski definition) is 1. The van der Waals surface area contributed by atoms with Gasteiger partial charge in [-0.05, 0) is 37.3 Å². The topological polar surface area (TPSA) is 62.1 Å². The Morgan fingerprint density at radius 3 is 2.70 bits per heavy atom. The van der Waals surface area contributed by atoms with E-state index in [2.05, 4.69) is 5.32 Å². The number of ether oxygens (including phenoxy) is 1. The average Bonchev–Trinajstić information content (AvgIpc) is 2.47. The van der Waals surface area contributed by atoms with Crippen LogP contribution >= 0.6 is 0 Å². The van der Waals surface area contributed by atoms with Gasteiger partial charge in [-0.25, -0.2) is 0 Å². The van der Waals surface area contributed by atoms with Crippen molar-refractivity contribution in [3.63, 3.8) is 0 Å². The Hall–Kier alpha value is -2.80. The molecule has 0 saturated heterocycles. The van der Waals surface area contributed by atoms with E-state index in [-0.39, 0.29) is 12.5 Å². The number of nitrogens with one attached hydrogen (secondary N) is 1. The highest BCUT2D eigenvalue weighted by Crippen LogP contribution is 2.12. The zero-order chi connectivity index (χ0) is 14.4. The summed E-state index contributed by atoms with van der Waals surface area (Å²) in [7, 11) is 0. The van der Waals surface area contributed by atoms with E-state index in [1.165, 1.54) is 0 Å². The van der Waals surface area contributed by atoms with Crippen molar-refractivity contribution in [2.24, 2.45) is 0 Å². The van der Waals surface area contributed by atoms with Crippen molar-refractivity contribution >= 4 is 11.6 Å². The van der Waals surface area contributed by atoms with Crippen molar-refractivity contribution in [1.29, 1.82) is 5.26 Å². The highest BCUT2D eigenvalue weighted by Gasteiger charge is 2.04. The third kappa shape index (κ3) is 3.85. The molecule has 0 spiro atoms. The van der Waals surface area contributed by atoms with Gasteiger partial charge in [0, 0.05) is 5.69 Å². The minimum Gasteiger partial charge on any atom is -0.484 e. The summed E-state index contributed by atoms with van der Waals surface area (Å²) in [5.41, 5.74) is 2.22. The second-order valence-electron chi connectivity index (χ2n) is 4.34. The van der Waals surface area contributed by atoms with Gasteiger partial charge in [0.2, 0.25) is 0 Å². The van der Waals surface area contributed by atoms with Crippen LogP contribution in [0.15, 0.2) is 48.5 Å². The van der Waals surface area contributed by atoms with Gasteiger partial charge in [-0.1, -0.05) is 23.8 Å². The Bertz CT molecular complexity index is 642. The maximum Gasteiger partial charge on any atom is 0.262 e. The number of rotatable bonds is 4. The van der Waals surface area contributed by atoms with Crippen LogP contribution in [0.3, 0.4) is 0 Å². The van der Waals surface area contributed by atoms with Gasteiger partial charge in [0.25, 0.3) is 5.91 Å². The van der Waals surface area contributed by atoms with E-state index in [0.29, 0.717) is 17.0 Å². The number of benzene rings is 2. The van der Waals surface area contributed by atoms with Crippen molar-refractivity contribution in [2.75, 3.05) is 11.9 Å². The molecular weight excluding hydrogens is 252 g/mol. The molecule has 4 heteroatoms. The number of hydrogen-bond acceptors (Lipinski definition) is 3. The predicted molar refractivity (Wildman–Crippen MR) is 76.5 cm³/mol. The number of aryl methyl sites for hydroxylation is 1. The third-order valence-corrected chi connectivity index (χ3v) is 2.67. The fourth-order valence-electron chi connectivity index (χ4n) is 1.65. The van der Waals surface area contributed by atoms with E-state index in [1.54, 1.807) is 24.3 Å². The number of nitrogens with zero attached hydrogens (tertiary/aromatic N) is 1. The second-order valence-corrected chi connectivity index (χ2v) is 4.34. The van der Waals surface area contributed by atoms with E-state index in [0.717, 1.165) is 5.56 Å². The molecule has 20 heavy (non-hydrogen) atoms. The van der Waals surface area contributed by atoms with Crippen LogP contribution in [0, 0.1) is 18.3 Å². The predicted octanol–water partition coefficient (Wildman–Crippen LogP) is 2.88. The van der Waals surface area contributed by atoms with Gasteiger partial charge in [-0.3, -0.25) is 4.79 Å². The second kappa shape index (κ2) is 6.39. The Balaban J connectivity index is 1.89. The summed E-state index contributed by atoms with van der Waals surface area (Å²) in [5, 5.41) is 11.5. The smallest absolute Gasteiger partial charge is 0.262 e. The molecule has 1 amide bonds. The SMILES string of the molecule is Cc1ccc(OCC(=O)Nc2cccc(C#N)c2)cc1. The molecule has 2 rings (SSSR count). The van der Waals surface area contributed by atoms with Gasteiger partial charge in [-0.2, -0.15) is 5.26 Å². The zero-order valence-corrected chi connectivity index (χ0v) is 11.1. The molecule has 4 nitrogen and oxygen atoms in total. The average molecular weight is 266 g/mol. The van der Waals surface area contributed by atoms with Gasteiger partial charge in [-0.15, -0.1) is 0 Å². The van der Waals surface area contributed by atoms with Gasteiger partial charge < -0.3 is 10.1 Å². The lowest BCUT2D eigenvalue weighted by molar-refractivity contribution is -0.118. The molecule has 0 aliphatic heterocycles. The monoisotopic (exact) mass is 266 g/mol. The quantitative estimate of drug-likeness (QED) is 0.925. The highest BCUT2D eigenvalue weighted by molar-refractivity contribution is 5.92. The molecule has 0 saturated carbocycles. The Morgan fingerprint density at radius 2 is 2.00 bits per heavy atom. The summed E-state index contributed by atoms with van der Waals surface area (Å²) in [6.07, 6.45) is 0. The first kappa shape index (κ1) is 13.6. The maximum absolute atomic E-state index is 11.7. The summed E-state index contributed by atoms with van der Waals surface area (Å²) in [6.45, 7) is 1.92. The number of nitriles is 1. The molecular formula is C16H14N2O2. The van der Waals surface area contributed by atoms with Crippen molar-refractivity contribution in [3.8, 4) is 11.8 Å². The molecule has 0 fully saturated rings. The molecule has 0 radical (unpaired) electrons. The summed E-state index contributed by atoms with van der Waals surface area (Å²) < 4.78 is 5.37. The lowest BCUT2D eigenvalue weighted by atomic mass is 10.2. The number of carbonyl (C=O) groups excluding carboxylic acids is 1. The molecule has 0 aromatic heterocycles. The standard InChI is InChI=1S/C16H14N2O2/c1-12-5-7-15(8-6-12)20-11-16(19)18-14-4-2-3-13(9-14)10-17/h2-9H,11H2,1H3,(H,18,19). The van der Waals surface area contributed by atoms with Crippen LogP contribution in [0.2, 0.25) is 0 Å². The molecule has 0 heterocycles. The minimum absolute atomic E-state index is 0.0696. The van der Waals surface area contributed by atoms with Crippen LogP contribution in [-0.4, -0.2) is 12.5 Å². The van der Waals surface area contributed by atoms with Gasteiger partial charge in [0.1, 0.15) is 5.75 Å². The van der Waals surface area contributed by atoms with Crippen LogP contribution in [0.4, 0.5) is 5.69 Å². The fourth-order valence-corrected chi connectivity index (χ4v) is 1.65. The van der Waals surface area contributed by atoms with E-state index in [9.17, 15) is 4.79 Å². The number of carbonyl (C=O) groups is 1. The van der Waals surface area contributed by atoms with Crippen LogP contribution in [0.25, 0.3) is 0 Å². The molecule has 0 unspecified atom stereocenters. The van der Waals surface area contributed by atoms with E-state index >= 15 is 0 Å². The molecule has 100 valence electrons. The Labute approximate surface area is 117 Å². The molecule has 1 N–H and O–H groups in total. The van der Waals surface area contributed by atoms with Crippen molar-refractivity contribution in [2.45, 2.75) is 6.92 Å². The molecule has 2 aromatic carbocycles. The van der Waals surface area contributed by atoms with Crippen molar-refractivity contribution in [1.82, 2.24) is 0 Å². The lowest BCUT2D eigenvalue weighted by Crippen LogP contribution is -2.20. The number of anilines is 1. The van der Waals surface area contributed by atoms with Crippen LogP contribution in [0.5, 0.6) is 5.75 Å². The zero-order valence-electron chi connectivity index (χ0n) is 11.1. The van der Waals surface area contributed by atoms with Crippen LogP contribution in [0.1, 0.15) is 11.1 Å². The van der Waals surface area contributed by atoms with Gasteiger partial charge in [0.15, 0.2) is 6.61 Å². The summed E-state index contributed by atoms with van der Waals surface area (Å²) >= 11 is 0. The first-order valence-electron chi connectivity index (χ1n) is 6.17. The molecule has 0 aliphatic carbocycles. The Kier molecular flexibility index (Phi) is 4.35. The number of amides is 1. The normalized spacial score (nSPS) is 9.60. The van der Waals surface area contributed by atoms with Crippen LogP contribution < -0.4 is 10.1 Å². The van der Waals surface area contributed by atoms with Crippen molar-refractivity contribution < 1.29 is 9.53 Å². The maximum atomic E-state index is 11.7. The first-order valence-corrected chi connectivity index (χ1v) is 6.17.